The summed E-state index contributed by atoms with van der Waals surface area (Å²) >= 11 is 0. The van der Waals surface area contributed by atoms with E-state index in [9.17, 15) is 13.6 Å². The highest BCUT2D eigenvalue weighted by molar-refractivity contribution is 5.74. The number of nitrogens with one attached hydrogen (secondary N) is 1. The minimum atomic E-state index is -0.877. The van der Waals surface area contributed by atoms with Crippen LogP contribution in [-0.4, -0.2) is 46.3 Å². The Morgan fingerprint density at radius 1 is 1.39 bits per heavy atom. The van der Waals surface area contributed by atoms with Crippen molar-refractivity contribution in [3.8, 4) is 0 Å². The van der Waals surface area contributed by atoms with Crippen molar-refractivity contribution >= 4 is 6.03 Å². The molecule has 6 nitrogen and oxygen atoms in total. The van der Waals surface area contributed by atoms with Gasteiger partial charge in [-0.3, -0.25) is 0 Å². The second kappa shape index (κ2) is 9.64. The summed E-state index contributed by atoms with van der Waals surface area (Å²) in [6, 6.07) is 3.68. The first-order valence-corrected chi connectivity index (χ1v) is 9.65. The smallest absolute Gasteiger partial charge is 0.317 e. The Kier molecular flexibility index (Phi) is 6.97. The molecule has 1 aliphatic rings. The molecule has 0 aliphatic carbocycles. The maximum atomic E-state index is 13.5. The van der Waals surface area contributed by atoms with Crippen molar-refractivity contribution in [1.29, 1.82) is 0 Å². The molecule has 1 aromatic carbocycles. The molecule has 28 heavy (non-hydrogen) atoms. The molecular formula is C20H26F2N4O2. The van der Waals surface area contributed by atoms with Crippen molar-refractivity contribution in [2.24, 2.45) is 0 Å². The van der Waals surface area contributed by atoms with Crippen LogP contribution >= 0.6 is 0 Å². The van der Waals surface area contributed by atoms with Gasteiger partial charge in [0.2, 0.25) is 0 Å². The summed E-state index contributed by atoms with van der Waals surface area (Å²) in [5, 5.41) is 2.90. The minimum Gasteiger partial charge on any atom is -0.376 e. The summed E-state index contributed by atoms with van der Waals surface area (Å²) in [6.45, 7) is 4.47. The first-order chi connectivity index (χ1) is 13.6. The lowest BCUT2D eigenvalue weighted by atomic mass is 10.2. The van der Waals surface area contributed by atoms with E-state index in [0.717, 1.165) is 31.9 Å². The number of halogens is 2. The van der Waals surface area contributed by atoms with Gasteiger partial charge in [0.25, 0.3) is 0 Å². The maximum absolute atomic E-state index is 13.5. The van der Waals surface area contributed by atoms with Crippen LogP contribution in [0, 0.1) is 11.6 Å². The summed E-state index contributed by atoms with van der Waals surface area (Å²) in [7, 11) is 0. The number of hydrogen-bond donors (Lipinski definition) is 1. The number of imidazole rings is 1. The average Bonchev–Trinajstić information content (AvgIpc) is 3.34. The second-order valence-corrected chi connectivity index (χ2v) is 6.97. The molecule has 8 heteroatoms. The van der Waals surface area contributed by atoms with E-state index in [2.05, 4.69) is 10.3 Å². The van der Waals surface area contributed by atoms with Crippen molar-refractivity contribution < 1.29 is 18.3 Å². The van der Waals surface area contributed by atoms with Gasteiger partial charge in [0.15, 0.2) is 11.6 Å². The van der Waals surface area contributed by atoms with Gasteiger partial charge in [-0.1, -0.05) is 13.0 Å². The fourth-order valence-corrected chi connectivity index (χ4v) is 3.24. The number of amides is 2. The molecule has 2 amide bonds. The summed E-state index contributed by atoms with van der Waals surface area (Å²) in [6.07, 6.45) is 6.22. The molecule has 1 aliphatic heterocycles. The Labute approximate surface area is 163 Å². The van der Waals surface area contributed by atoms with Gasteiger partial charge in [-0.2, -0.15) is 0 Å². The van der Waals surface area contributed by atoms with Crippen molar-refractivity contribution in [2.75, 3.05) is 19.7 Å². The van der Waals surface area contributed by atoms with Gasteiger partial charge >= 0.3 is 6.03 Å². The quantitative estimate of drug-likeness (QED) is 0.750. The zero-order chi connectivity index (χ0) is 19.9. The first-order valence-electron chi connectivity index (χ1n) is 9.65. The number of hydrogen-bond acceptors (Lipinski definition) is 3. The molecule has 0 spiro atoms. The Morgan fingerprint density at radius 3 is 2.96 bits per heavy atom. The number of rotatable bonds is 8. The molecule has 0 bridgehead atoms. The van der Waals surface area contributed by atoms with Gasteiger partial charge in [0.1, 0.15) is 5.82 Å². The van der Waals surface area contributed by atoms with Crippen LogP contribution in [0.3, 0.4) is 0 Å². The van der Waals surface area contributed by atoms with Crippen LogP contribution in [0.15, 0.2) is 30.6 Å². The highest BCUT2D eigenvalue weighted by atomic mass is 19.2. The molecule has 1 saturated heterocycles. The molecule has 1 atom stereocenters. The Balaban J connectivity index is 1.71. The molecule has 0 radical (unpaired) electrons. The fraction of sp³-hybridized carbons (Fsp3) is 0.500. The molecule has 2 aromatic rings. The molecule has 152 valence electrons. The second-order valence-electron chi connectivity index (χ2n) is 6.97. The Bertz CT molecular complexity index is 790. The predicted molar refractivity (Wildman–Crippen MR) is 101 cm³/mol. The lowest BCUT2D eigenvalue weighted by Gasteiger charge is -2.25. The minimum absolute atomic E-state index is 0.0296. The van der Waals surface area contributed by atoms with Crippen LogP contribution in [0.1, 0.15) is 37.6 Å². The Hall–Kier alpha value is -2.48. The van der Waals surface area contributed by atoms with E-state index in [-0.39, 0.29) is 12.1 Å². The van der Waals surface area contributed by atoms with E-state index >= 15 is 0 Å². The van der Waals surface area contributed by atoms with E-state index in [1.54, 1.807) is 23.4 Å². The van der Waals surface area contributed by atoms with Crippen molar-refractivity contribution in [2.45, 2.75) is 45.4 Å². The van der Waals surface area contributed by atoms with E-state index in [1.165, 1.54) is 6.07 Å². The number of carbonyl (C=O) groups excluding carboxylic acids is 1. The number of ether oxygens (including phenoxy) is 1. The van der Waals surface area contributed by atoms with E-state index in [0.29, 0.717) is 37.6 Å². The molecule has 3 rings (SSSR count). The Morgan fingerprint density at radius 2 is 2.25 bits per heavy atom. The third-order valence-electron chi connectivity index (χ3n) is 4.73. The SMILES string of the molecule is CCCNC(=O)N(Cc1nccn1Cc1ccc(F)c(F)c1)C[C@H]1CCCO1. The standard InChI is InChI=1S/C20H26F2N4O2/c1-2-7-24-20(27)26(13-16-4-3-10-28-16)14-19-23-8-9-25(19)12-15-5-6-17(21)18(22)11-15/h5-6,8-9,11,16H,2-4,7,10,12-14H2,1H3,(H,24,27)/t16-/m1/s1. The third kappa shape index (κ3) is 5.28. The molecular weight excluding hydrogens is 366 g/mol. The highest BCUT2D eigenvalue weighted by Gasteiger charge is 2.24. The molecule has 0 saturated carbocycles. The van der Waals surface area contributed by atoms with Gasteiger partial charge in [0.05, 0.1) is 12.6 Å². The van der Waals surface area contributed by atoms with Crippen LogP contribution in [0.4, 0.5) is 13.6 Å². The number of carbonyl (C=O) groups is 1. The third-order valence-corrected chi connectivity index (χ3v) is 4.73. The van der Waals surface area contributed by atoms with E-state index in [4.69, 9.17) is 4.74 Å². The van der Waals surface area contributed by atoms with Crippen LogP contribution in [0.2, 0.25) is 0 Å². The van der Waals surface area contributed by atoms with Gasteiger partial charge in [0, 0.05) is 38.6 Å². The predicted octanol–water partition coefficient (Wildman–Crippen LogP) is 3.31. The lowest BCUT2D eigenvalue weighted by molar-refractivity contribution is 0.0786. The van der Waals surface area contributed by atoms with Crippen molar-refractivity contribution in [1.82, 2.24) is 19.8 Å². The van der Waals surface area contributed by atoms with Crippen LogP contribution in [0.5, 0.6) is 0 Å². The van der Waals surface area contributed by atoms with Crippen LogP contribution < -0.4 is 5.32 Å². The number of aromatic nitrogens is 2. The summed E-state index contributed by atoms with van der Waals surface area (Å²) in [5.41, 5.74) is 0.624. The number of benzene rings is 1. The molecule has 1 fully saturated rings. The average molecular weight is 392 g/mol. The van der Waals surface area contributed by atoms with Crippen LogP contribution in [0.25, 0.3) is 0 Å². The van der Waals surface area contributed by atoms with Crippen molar-refractivity contribution in [3.05, 3.63) is 53.6 Å². The van der Waals surface area contributed by atoms with Crippen molar-refractivity contribution in [3.63, 3.8) is 0 Å². The molecule has 0 unspecified atom stereocenters. The zero-order valence-corrected chi connectivity index (χ0v) is 16.0. The van der Waals surface area contributed by atoms with Gasteiger partial charge in [-0.25, -0.2) is 18.6 Å². The zero-order valence-electron chi connectivity index (χ0n) is 16.0. The summed E-state index contributed by atoms with van der Waals surface area (Å²) < 4.78 is 34.2. The number of nitrogens with zero attached hydrogens (tertiary/aromatic N) is 3. The number of urea groups is 1. The van der Waals surface area contributed by atoms with E-state index < -0.39 is 11.6 Å². The summed E-state index contributed by atoms with van der Waals surface area (Å²) in [5.74, 6) is -1.07. The lowest BCUT2D eigenvalue weighted by Crippen LogP contribution is -2.44. The molecule has 2 heterocycles. The van der Waals surface area contributed by atoms with Crippen LogP contribution in [-0.2, 0) is 17.8 Å². The summed E-state index contributed by atoms with van der Waals surface area (Å²) in [4.78, 5) is 18.7. The normalized spacial score (nSPS) is 16.3. The topological polar surface area (TPSA) is 59.4 Å². The van der Waals surface area contributed by atoms with Gasteiger partial charge < -0.3 is 19.5 Å². The maximum Gasteiger partial charge on any atom is 0.317 e. The molecule has 1 N–H and O–H groups in total. The fourth-order valence-electron chi connectivity index (χ4n) is 3.24. The largest absolute Gasteiger partial charge is 0.376 e. The van der Waals surface area contributed by atoms with Gasteiger partial charge in [-0.15, -0.1) is 0 Å². The monoisotopic (exact) mass is 392 g/mol. The highest BCUT2D eigenvalue weighted by Crippen LogP contribution is 2.16. The van der Waals surface area contributed by atoms with E-state index in [1.807, 2.05) is 11.5 Å². The molecule has 1 aromatic heterocycles. The van der Waals surface area contributed by atoms with Gasteiger partial charge in [-0.05, 0) is 37.0 Å². The first kappa shape index (κ1) is 20.3.